The van der Waals surface area contributed by atoms with Crippen LogP contribution in [0.15, 0.2) is 24.3 Å². The van der Waals surface area contributed by atoms with Crippen LogP contribution in [-0.2, 0) is 4.79 Å². The topological polar surface area (TPSA) is 78.9 Å². The zero-order chi connectivity index (χ0) is 19.1. The number of carbonyl (C=O) groups is 2. The minimum Gasteiger partial charge on any atom is -0.492 e. The third-order valence-corrected chi connectivity index (χ3v) is 5.71. The van der Waals surface area contributed by atoms with Crippen molar-refractivity contribution in [2.45, 2.75) is 56.9 Å². The summed E-state index contributed by atoms with van der Waals surface area (Å²) in [5.74, 6) is -0.540. The van der Waals surface area contributed by atoms with E-state index in [9.17, 15) is 14.7 Å². The van der Waals surface area contributed by atoms with Gasteiger partial charge >= 0.3 is 5.97 Å². The van der Waals surface area contributed by atoms with Gasteiger partial charge in [-0.1, -0.05) is 25.7 Å². The second kappa shape index (κ2) is 9.22. The second-order valence-electron chi connectivity index (χ2n) is 7.68. The Morgan fingerprint density at radius 2 is 1.63 bits per heavy atom. The van der Waals surface area contributed by atoms with Crippen molar-refractivity contribution in [2.24, 2.45) is 0 Å². The molecule has 0 atom stereocenters. The molecule has 6 nitrogen and oxygen atoms in total. The van der Waals surface area contributed by atoms with Gasteiger partial charge < -0.3 is 15.2 Å². The van der Waals surface area contributed by atoms with Crippen LogP contribution in [0.25, 0.3) is 0 Å². The average molecular weight is 374 g/mol. The van der Waals surface area contributed by atoms with Crippen LogP contribution in [0.3, 0.4) is 0 Å². The normalized spacial score (nSPS) is 20.0. The lowest BCUT2D eigenvalue weighted by Crippen LogP contribution is -2.55. The number of amides is 1. The van der Waals surface area contributed by atoms with E-state index in [1.807, 2.05) is 0 Å². The van der Waals surface area contributed by atoms with Gasteiger partial charge in [0.1, 0.15) is 17.9 Å². The zero-order valence-electron chi connectivity index (χ0n) is 15.9. The SMILES string of the molecule is O=C(NC1(C(=O)O)CCCCC1)c1ccc(OCCN2CCCCC2)cc1. The van der Waals surface area contributed by atoms with Crippen LogP contribution in [-0.4, -0.2) is 53.7 Å². The summed E-state index contributed by atoms with van der Waals surface area (Å²) < 4.78 is 5.78. The van der Waals surface area contributed by atoms with Crippen molar-refractivity contribution in [1.29, 1.82) is 0 Å². The molecule has 0 radical (unpaired) electrons. The predicted octanol–water partition coefficient (Wildman–Crippen LogP) is 3.07. The number of carboxylic acid groups (broad SMARTS) is 1. The minimum atomic E-state index is -1.13. The quantitative estimate of drug-likeness (QED) is 0.767. The average Bonchev–Trinajstić information content (AvgIpc) is 2.70. The molecule has 1 aromatic carbocycles. The van der Waals surface area contributed by atoms with Crippen molar-refractivity contribution in [3.05, 3.63) is 29.8 Å². The molecule has 1 aliphatic heterocycles. The van der Waals surface area contributed by atoms with Crippen molar-refractivity contribution in [3.63, 3.8) is 0 Å². The number of piperidine rings is 1. The maximum Gasteiger partial charge on any atom is 0.329 e. The predicted molar refractivity (Wildman–Crippen MR) is 103 cm³/mol. The molecule has 1 saturated carbocycles. The number of nitrogens with one attached hydrogen (secondary N) is 1. The minimum absolute atomic E-state index is 0.334. The van der Waals surface area contributed by atoms with Gasteiger partial charge in [0, 0.05) is 12.1 Å². The summed E-state index contributed by atoms with van der Waals surface area (Å²) in [6.07, 6.45) is 7.52. The Labute approximate surface area is 160 Å². The number of likely N-dealkylation sites (tertiary alicyclic amines) is 1. The molecule has 6 heteroatoms. The Morgan fingerprint density at radius 1 is 1.00 bits per heavy atom. The molecule has 1 amide bonds. The van der Waals surface area contributed by atoms with Crippen LogP contribution in [0.2, 0.25) is 0 Å². The molecule has 0 spiro atoms. The molecule has 3 rings (SSSR count). The van der Waals surface area contributed by atoms with Gasteiger partial charge in [-0.25, -0.2) is 4.79 Å². The van der Waals surface area contributed by atoms with Crippen LogP contribution in [0.4, 0.5) is 0 Å². The summed E-state index contributed by atoms with van der Waals surface area (Å²) in [7, 11) is 0. The molecular formula is C21H30N2O4. The Bertz CT molecular complexity index is 632. The van der Waals surface area contributed by atoms with Crippen molar-refractivity contribution in [1.82, 2.24) is 10.2 Å². The van der Waals surface area contributed by atoms with Gasteiger partial charge in [-0.3, -0.25) is 9.69 Å². The number of benzene rings is 1. The number of nitrogens with zero attached hydrogens (tertiary/aromatic N) is 1. The highest BCUT2D eigenvalue weighted by molar-refractivity contribution is 5.98. The van der Waals surface area contributed by atoms with E-state index in [1.165, 1.54) is 19.3 Å². The lowest BCUT2D eigenvalue weighted by atomic mass is 9.81. The fraction of sp³-hybridized carbons (Fsp3) is 0.619. The van der Waals surface area contributed by atoms with Crippen molar-refractivity contribution in [3.8, 4) is 5.75 Å². The van der Waals surface area contributed by atoms with E-state index in [-0.39, 0.29) is 5.91 Å². The molecule has 2 fully saturated rings. The van der Waals surface area contributed by atoms with E-state index < -0.39 is 11.5 Å². The number of carbonyl (C=O) groups excluding carboxylic acids is 1. The molecule has 2 N–H and O–H groups in total. The van der Waals surface area contributed by atoms with Gasteiger partial charge in [-0.05, 0) is 63.0 Å². The number of hydrogen-bond donors (Lipinski definition) is 2. The second-order valence-corrected chi connectivity index (χ2v) is 7.68. The smallest absolute Gasteiger partial charge is 0.329 e. The molecule has 0 bridgehead atoms. The van der Waals surface area contributed by atoms with Gasteiger partial charge in [0.25, 0.3) is 5.91 Å². The summed E-state index contributed by atoms with van der Waals surface area (Å²) in [5, 5.41) is 12.4. The standard InChI is InChI=1S/C21H30N2O4/c24-19(22-21(20(25)26)11-3-1-4-12-21)17-7-9-18(10-8-17)27-16-15-23-13-5-2-6-14-23/h7-10H,1-6,11-16H2,(H,22,24)(H,25,26). The van der Waals surface area contributed by atoms with E-state index >= 15 is 0 Å². The third kappa shape index (κ3) is 5.22. The monoisotopic (exact) mass is 374 g/mol. The number of aliphatic carboxylic acids is 1. The maximum atomic E-state index is 12.5. The first-order valence-corrected chi connectivity index (χ1v) is 10.1. The maximum absolute atomic E-state index is 12.5. The summed E-state index contributed by atoms with van der Waals surface area (Å²) in [5.41, 5.74) is -0.663. The van der Waals surface area contributed by atoms with Crippen molar-refractivity contribution in [2.75, 3.05) is 26.2 Å². The van der Waals surface area contributed by atoms with Crippen LogP contribution in [0.5, 0.6) is 5.75 Å². The van der Waals surface area contributed by atoms with Crippen molar-refractivity contribution >= 4 is 11.9 Å². The first-order chi connectivity index (χ1) is 13.1. The molecule has 1 saturated heterocycles. The van der Waals surface area contributed by atoms with E-state index in [0.29, 0.717) is 25.0 Å². The van der Waals surface area contributed by atoms with E-state index in [1.54, 1.807) is 24.3 Å². The van der Waals surface area contributed by atoms with E-state index in [2.05, 4.69) is 10.2 Å². The molecule has 0 aromatic heterocycles. The lowest BCUT2D eigenvalue weighted by Gasteiger charge is -2.34. The van der Waals surface area contributed by atoms with Crippen LogP contribution < -0.4 is 10.1 Å². The first-order valence-electron chi connectivity index (χ1n) is 10.1. The zero-order valence-corrected chi connectivity index (χ0v) is 15.9. The number of hydrogen-bond acceptors (Lipinski definition) is 4. The number of carboxylic acids is 1. The highest BCUT2D eigenvalue weighted by atomic mass is 16.5. The largest absolute Gasteiger partial charge is 0.492 e. The Morgan fingerprint density at radius 3 is 2.26 bits per heavy atom. The lowest BCUT2D eigenvalue weighted by molar-refractivity contribution is -0.145. The van der Waals surface area contributed by atoms with Crippen LogP contribution in [0.1, 0.15) is 61.7 Å². The van der Waals surface area contributed by atoms with Gasteiger partial charge in [0.05, 0.1) is 0 Å². The van der Waals surface area contributed by atoms with Gasteiger partial charge in [-0.15, -0.1) is 0 Å². The van der Waals surface area contributed by atoms with Crippen LogP contribution in [0, 0.1) is 0 Å². The highest BCUT2D eigenvalue weighted by Crippen LogP contribution is 2.29. The van der Waals surface area contributed by atoms with Crippen LogP contribution >= 0.6 is 0 Å². The molecule has 2 aliphatic rings. The Hall–Kier alpha value is -2.08. The van der Waals surface area contributed by atoms with Crippen molar-refractivity contribution < 1.29 is 19.4 Å². The molecule has 27 heavy (non-hydrogen) atoms. The van der Waals surface area contributed by atoms with Gasteiger partial charge in [-0.2, -0.15) is 0 Å². The summed E-state index contributed by atoms with van der Waals surface area (Å²) in [4.78, 5) is 26.7. The molecule has 1 aliphatic carbocycles. The highest BCUT2D eigenvalue weighted by Gasteiger charge is 2.41. The summed E-state index contributed by atoms with van der Waals surface area (Å²) >= 11 is 0. The first kappa shape index (κ1) is 19.7. The van der Waals surface area contributed by atoms with E-state index in [0.717, 1.165) is 44.6 Å². The van der Waals surface area contributed by atoms with Gasteiger partial charge in [0.15, 0.2) is 0 Å². The fourth-order valence-electron chi connectivity index (χ4n) is 4.02. The van der Waals surface area contributed by atoms with Gasteiger partial charge in [0.2, 0.25) is 0 Å². The fourth-order valence-corrected chi connectivity index (χ4v) is 4.02. The third-order valence-electron chi connectivity index (χ3n) is 5.71. The molecule has 1 heterocycles. The summed E-state index contributed by atoms with van der Waals surface area (Å²) in [6, 6.07) is 6.95. The molecule has 1 aromatic rings. The Kier molecular flexibility index (Phi) is 6.72. The Balaban J connectivity index is 1.51. The number of ether oxygens (including phenoxy) is 1. The number of rotatable bonds is 7. The molecule has 0 unspecified atom stereocenters. The summed E-state index contributed by atoms with van der Waals surface area (Å²) in [6.45, 7) is 3.85. The molecular weight excluding hydrogens is 344 g/mol. The molecule has 148 valence electrons. The van der Waals surface area contributed by atoms with E-state index in [4.69, 9.17) is 4.74 Å².